The largest absolute Gasteiger partial charge is 0.469 e. The molecule has 3 atom stereocenters. The van der Waals surface area contributed by atoms with Gasteiger partial charge in [0.05, 0.1) is 23.9 Å². The van der Waals surface area contributed by atoms with Crippen LogP contribution in [0.5, 0.6) is 0 Å². The summed E-state index contributed by atoms with van der Waals surface area (Å²) in [5.74, 6) is 2.12. The number of hydrogen-bond donors (Lipinski definition) is 0. The molecule has 0 N–H and O–H groups in total. The maximum absolute atomic E-state index is 11.7. The van der Waals surface area contributed by atoms with Gasteiger partial charge in [-0.2, -0.15) is 0 Å². The van der Waals surface area contributed by atoms with Crippen molar-refractivity contribution >= 4 is 35.3 Å². The van der Waals surface area contributed by atoms with E-state index in [0.717, 1.165) is 11.5 Å². The van der Waals surface area contributed by atoms with Crippen molar-refractivity contribution < 1.29 is 14.3 Å². The van der Waals surface area contributed by atoms with Gasteiger partial charge in [-0.25, -0.2) is 0 Å². The fourth-order valence-electron chi connectivity index (χ4n) is 2.33. The molecule has 4 nitrogen and oxygen atoms in total. The molecule has 2 fully saturated rings. The maximum Gasteiger partial charge on any atom is 0.305 e. The molecule has 2 rings (SSSR count). The summed E-state index contributed by atoms with van der Waals surface area (Å²) < 4.78 is 4.63. The highest BCUT2D eigenvalue weighted by atomic mass is 32.2. The van der Waals surface area contributed by atoms with Gasteiger partial charge < -0.3 is 4.74 Å². The quantitative estimate of drug-likeness (QED) is 0.706. The van der Waals surface area contributed by atoms with Gasteiger partial charge in [0.2, 0.25) is 0 Å². The van der Waals surface area contributed by atoms with Crippen molar-refractivity contribution in [3.05, 3.63) is 0 Å². The van der Waals surface area contributed by atoms with Crippen LogP contribution in [0.2, 0.25) is 0 Å². The molecule has 2 saturated heterocycles. The molecule has 2 bridgehead atoms. The molecule has 0 aromatic carbocycles. The second-order valence-electron chi connectivity index (χ2n) is 4.26. The summed E-state index contributed by atoms with van der Waals surface area (Å²) >= 11 is 3.85. The summed E-state index contributed by atoms with van der Waals surface area (Å²) in [6, 6.07) is -0.117. The Kier molecular flexibility index (Phi) is 4.38. The van der Waals surface area contributed by atoms with Crippen LogP contribution in [0.25, 0.3) is 0 Å². The van der Waals surface area contributed by atoms with E-state index < -0.39 is 0 Å². The number of rotatable bonds is 5. The lowest BCUT2D eigenvalue weighted by atomic mass is 10.1. The minimum absolute atomic E-state index is 0.117. The van der Waals surface area contributed by atoms with Crippen LogP contribution in [-0.4, -0.2) is 52.1 Å². The summed E-state index contributed by atoms with van der Waals surface area (Å²) in [6.45, 7) is 1.62. The zero-order chi connectivity index (χ0) is 12.4. The van der Waals surface area contributed by atoms with E-state index in [1.807, 2.05) is 23.5 Å². The van der Waals surface area contributed by atoms with Gasteiger partial charge in [-0.15, -0.1) is 23.5 Å². The van der Waals surface area contributed by atoms with Crippen LogP contribution in [0.3, 0.4) is 0 Å². The number of carbonyl (C=O) groups is 2. The molecule has 0 aromatic rings. The van der Waals surface area contributed by atoms with Gasteiger partial charge in [-0.05, 0) is 13.3 Å². The van der Waals surface area contributed by atoms with Crippen LogP contribution in [0.15, 0.2) is 0 Å². The molecular weight excluding hydrogens is 258 g/mol. The Morgan fingerprint density at radius 3 is 2.35 bits per heavy atom. The highest BCUT2D eigenvalue weighted by Gasteiger charge is 2.45. The number of carbonyl (C=O) groups excluding carboxylic acids is 2. The van der Waals surface area contributed by atoms with E-state index in [9.17, 15) is 9.59 Å². The molecule has 3 unspecified atom stereocenters. The molecule has 2 aliphatic heterocycles. The van der Waals surface area contributed by atoms with Gasteiger partial charge in [-0.3, -0.25) is 14.5 Å². The van der Waals surface area contributed by atoms with Gasteiger partial charge in [0.15, 0.2) is 0 Å². The lowest BCUT2D eigenvalue weighted by Crippen LogP contribution is -2.43. The first kappa shape index (κ1) is 13.2. The number of Topliss-reactive ketones (excluding diaryl/α,β-unsaturated/α-hetero) is 1. The number of thioether (sulfide) groups is 2. The van der Waals surface area contributed by atoms with Crippen LogP contribution in [0, 0.1) is 0 Å². The van der Waals surface area contributed by atoms with Gasteiger partial charge in [0.25, 0.3) is 0 Å². The first-order valence-electron chi connectivity index (χ1n) is 5.71. The predicted octanol–water partition coefficient (Wildman–Crippen LogP) is 1.34. The molecule has 0 aliphatic carbocycles. The Labute approximate surface area is 110 Å². The Bertz CT molecular complexity index is 304. The lowest BCUT2D eigenvalue weighted by molar-refractivity contribution is -0.141. The van der Waals surface area contributed by atoms with Crippen molar-refractivity contribution in [3.8, 4) is 0 Å². The number of nitrogens with zero attached hydrogens (tertiary/aromatic N) is 1. The van der Waals surface area contributed by atoms with Crippen molar-refractivity contribution in [1.82, 2.24) is 4.90 Å². The minimum Gasteiger partial charge on any atom is -0.469 e. The van der Waals surface area contributed by atoms with Crippen molar-refractivity contribution in [3.63, 3.8) is 0 Å². The molecule has 0 radical (unpaired) electrons. The molecule has 0 saturated carbocycles. The zero-order valence-electron chi connectivity index (χ0n) is 10.0. The SMILES string of the molecule is COC(=O)CCC(C(C)=O)N1C2CSC1CS2. The molecule has 2 aliphatic rings. The normalized spacial score (nSPS) is 29.3. The molecule has 0 aromatic heterocycles. The molecular formula is C11H17NO3S2. The monoisotopic (exact) mass is 275 g/mol. The van der Waals surface area contributed by atoms with E-state index in [0.29, 0.717) is 23.6 Å². The summed E-state index contributed by atoms with van der Waals surface area (Å²) in [4.78, 5) is 25.2. The maximum atomic E-state index is 11.7. The van der Waals surface area contributed by atoms with Gasteiger partial charge in [0.1, 0.15) is 5.78 Å². The Balaban J connectivity index is 1.98. The first-order chi connectivity index (χ1) is 8.13. The molecule has 17 heavy (non-hydrogen) atoms. The third kappa shape index (κ3) is 2.80. The Morgan fingerprint density at radius 2 is 1.94 bits per heavy atom. The van der Waals surface area contributed by atoms with Crippen LogP contribution in [-0.2, 0) is 14.3 Å². The van der Waals surface area contributed by atoms with Crippen molar-refractivity contribution in [2.45, 2.75) is 36.6 Å². The van der Waals surface area contributed by atoms with E-state index in [2.05, 4.69) is 9.64 Å². The van der Waals surface area contributed by atoms with E-state index in [-0.39, 0.29) is 17.8 Å². The molecule has 0 amide bonds. The first-order valence-corrected chi connectivity index (χ1v) is 7.81. The van der Waals surface area contributed by atoms with Gasteiger partial charge >= 0.3 is 5.97 Å². The molecule has 2 heterocycles. The average Bonchev–Trinajstić information content (AvgIpc) is 2.89. The smallest absolute Gasteiger partial charge is 0.305 e. The van der Waals surface area contributed by atoms with Crippen molar-refractivity contribution in [1.29, 1.82) is 0 Å². The van der Waals surface area contributed by atoms with Crippen LogP contribution >= 0.6 is 23.5 Å². The standard InChI is InChI=1S/C11H17NO3S2/c1-7(13)8(3-4-11(14)15-2)12-9-5-16-10(12)6-17-9/h8-10H,3-6H2,1-2H3. The number of ether oxygens (including phenoxy) is 1. The Morgan fingerprint density at radius 1 is 1.35 bits per heavy atom. The summed E-state index contributed by atoms with van der Waals surface area (Å²) in [7, 11) is 1.39. The van der Waals surface area contributed by atoms with Gasteiger partial charge in [-0.1, -0.05) is 0 Å². The highest BCUT2D eigenvalue weighted by Crippen LogP contribution is 2.45. The average molecular weight is 275 g/mol. The highest BCUT2D eigenvalue weighted by molar-refractivity contribution is 8.07. The number of methoxy groups -OCH3 is 1. The lowest BCUT2D eigenvalue weighted by Gasteiger charge is -2.28. The third-order valence-electron chi connectivity index (χ3n) is 3.21. The zero-order valence-corrected chi connectivity index (χ0v) is 11.7. The van der Waals surface area contributed by atoms with Crippen LogP contribution < -0.4 is 0 Å². The van der Waals surface area contributed by atoms with E-state index in [1.165, 1.54) is 7.11 Å². The second-order valence-corrected chi connectivity index (χ2v) is 6.69. The van der Waals surface area contributed by atoms with Crippen molar-refractivity contribution in [2.75, 3.05) is 18.6 Å². The fourth-order valence-corrected chi connectivity index (χ4v) is 5.70. The third-order valence-corrected chi connectivity index (χ3v) is 6.23. The summed E-state index contributed by atoms with van der Waals surface area (Å²) in [5.41, 5.74) is 0. The van der Waals surface area contributed by atoms with Crippen molar-refractivity contribution in [2.24, 2.45) is 0 Å². The van der Waals surface area contributed by atoms with E-state index >= 15 is 0 Å². The number of esters is 1. The predicted molar refractivity (Wildman–Crippen MR) is 70.1 cm³/mol. The molecule has 6 heteroatoms. The second kappa shape index (κ2) is 5.63. The van der Waals surface area contributed by atoms with Crippen LogP contribution in [0.4, 0.5) is 0 Å². The summed E-state index contributed by atoms with van der Waals surface area (Å²) in [6.07, 6.45) is 0.905. The van der Waals surface area contributed by atoms with E-state index in [4.69, 9.17) is 0 Å². The number of fused-ring (bicyclic) bond motifs is 2. The van der Waals surface area contributed by atoms with Gasteiger partial charge in [0, 0.05) is 17.9 Å². The number of ketones is 1. The minimum atomic E-state index is -0.233. The van der Waals surface area contributed by atoms with Crippen LogP contribution in [0.1, 0.15) is 19.8 Å². The fraction of sp³-hybridized carbons (Fsp3) is 0.818. The molecule has 96 valence electrons. The summed E-state index contributed by atoms with van der Waals surface area (Å²) in [5, 5.41) is 0.910. The number of hydrogen-bond acceptors (Lipinski definition) is 6. The molecule has 0 spiro atoms. The Hall–Kier alpha value is -0.200. The topological polar surface area (TPSA) is 46.6 Å². The van der Waals surface area contributed by atoms with E-state index in [1.54, 1.807) is 6.92 Å².